The lowest BCUT2D eigenvalue weighted by molar-refractivity contribution is 0.537. The van der Waals surface area contributed by atoms with Crippen LogP contribution in [0.15, 0.2) is 6.20 Å². The van der Waals surface area contributed by atoms with Gasteiger partial charge in [0.15, 0.2) is 0 Å². The molecule has 0 aliphatic heterocycles. The number of aromatic nitrogens is 2. The molecule has 0 aliphatic carbocycles. The van der Waals surface area contributed by atoms with Crippen LogP contribution in [-0.2, 0) is 13.5 Å². The highest BCUT2D eigenvalue weighted by atomic mass is 15.3. The van der Waals surface area contributed by atoms with Crippen LogP contribution in [0.1, 0.15) is 31.5 Å². The average molecular weight is 195 g/mol. The number of aryl methyl sites for hydroxylation is 1. The molecule has 3 heteroatoms. The molecule has 0 bridgehead atoms. The molecule has 1 heterocycles. The minimum absolute atomic E-state index is 0.618. The van der Waals surface area contributed by atoms with Gasteiger partial charge in [0.1, 0.15) is 0 Å². The Labute approximate surface area is 86.5 Å². The average Bonchev–Trinajstić information content (AvgIpc) is 2.49. The molecule has 0 saturated carbocycles. The van der Waals surface area contributed by atoms with E-state index >= 15 is 0 Å². The molecule has 1 aromatic heterocycles. The molecular weight excluding hydrogens is 174 g/mol. The quantitative estimate of drug-likeness (QED) is 0.774. The highest BCUT2D eigenvalue weighted by molar-refractivity contribution is 5.15. The predicted molar refractivity (Wildman–Crippen MR) is 59.4 cm³/mol. The van der Waals surface area contributed by atoms with Gasteiger partial charge < -0.3 is 5.32 Å². The summed E-state index contributed by atoms with van der Waals surface area (Å²) in [5.41, 5.74) is 2.62. The van der Waals surface area contributed by atoms with Crippen LogP contribution in [0.25, 0.3) is 0 Å². The van der Waals surface area contributed by atoms with E-state index in [-0.39, 0.29) is 0 Å². The fourth-order valence-corrected chi connectivity index (χ4v) is 1.39. The molecule has 1 atom stereocenters. The third-order valence-electron chi connectivity index (χ3n) is 2.84. The SMILES string of the molecule is CCC(C)NCCc1cnn(C)c1C. The Morgan fingerprint density at radius 2 is 2.29 bits per heavy atom. The third-order valence-corrected chi connectivity index (χ3v) is 2.84. The molecule has 0 aliphatic rings. The molecule has 1 aromatic rings. The fourth-order valence-electron chi connectivity index (χ4n) is 1.39. The van der Waals surface area contributed by atoms with E-state index in [2.05, 4.69) is 31.2 Å². The zero-order valence-corrected chi connectivity index (χ0v) is 9.67. The summed E-state index contributed by atoms with van der Waals surface area (Å²) < 4.78 is 1.93. The summed E-state index contributed by atoms with van der Waals surface area (Å²) in [5.74, 6) is 0. The molecular formula is C11H21N3. The number of hydrogen-bond donors (Lipinski definition) is 1. The van der Waals surface area contributed by atoms with E-state index in [1.807, 2.05) is 17.9 Å². The van der Waals surface area contributed by atoms with E-state index in [1.54, 1.807) is 0 Å². The minimum Gasteiger partial charge on any atom is -0.314 e. The summed E-state index contributed by atoms with van der Waals surface area (Å²) in [7, 11) is 1.99. The van der Waals surface area contributed by atoms with Gasteiger partial charge >= 0.3 is 0 Å². The molecule has 0 aromatic carbocycles. The lowest BCUT2D eigenvalue weighted by Gasteiger charge is -2.10. The summed E-state index contributed by atoms with van der Waals surface area (Å²) in [6, 6.07) is 0.618. The van der Waals surface area contributed by atoms with Crippen molar-refractivity contribution in [2.75, 3.05) is 6.54 Å². The van der Waals surface area contributed by atoms with Gasteiger partial charge in [0.05, 0.1) is 6.20 Å². The Morgan fingerprint density at radius 1 is 1.57 bits per heavy atom. The third kappa shape index (κ3) is 2.84. The number of nitrogens with zero attached hydrogens (tertiary/aromatic N) is 2. The van der Waals surface area contributed by atoms with Crippen LogP contribution in [0.2, 0.25) is 0 Å². The van der Waals surface area contributed by atoms with Crippen molar-refractivity contribution in [2.45, 2.75) is 39.7 Å². The first kappa shape index (κ1) is 11.2. The van der Waals surface area contributed by atoms with Crippen LogP contribution in [-0.4, -0.2) is 22.4 Å². The summed E-state index contributed by atoms with van der Waals surface area (Å²) in [5, 5.41) is 7.70. The van der Waals surface area contributed by atoms with Gasteiger partial charge in [-0.05, 0) is 38.8 Å². The summed E-state index contributed by atoms with van der Waals surface area (Å²) >= 11 is 0. The Kier molecular flexibility index (Phi) is 4.14. The first-order valence-corrected chi connectivity index (χ1v) is 5.36. The second-order valence-corrected chi connectivity index (χ2v) is 3.89. The van der Waals surface area contributed by atoms with Crippen molar-refractivity contribution >= 4 is 0 Å². The van der Waals surface area contributed by atoms with Crippen LogP contribution in [0, 0.1) is 6.92 Å². The molecule has 1 unspecified atom stereocenters. The monoisotopic (exact) mass is 195 g/mol. The minimum atomic E-state index is 0.618. The second-order valence-electron chi connectivity index (χ2n) is 3.89. The van der Waals surface area contributed by atoms with Crippen LogP contribution >= 0.6 is 0 Å². The van der Waals surface area contributed by atoms with E-state index in [4.69, 9.17) is 0 Å². The Bertz CT molecular complexity index is 278. The lowest BCUT2D eigenvalue weighted by atomic mass is 10.2. The molecule has 0 fully saturated rings. The largest absolute Gasteiger partial charge is 0.314 e. The summed E-state index contributed by atoms with van der Waals surface area (Å²) in [4.78, 5) is 0. The first-order valence-electron chi connectivity index (χ1n) is 5.36. The molecule has 14 heavy (non-hydrogen) atoms. The number of hydrogen-bond acceptors (Lipinski definition) is 2. The van der Waals surface area contributed by atoms with Crippen LogP contribution in [0.5, 0.6) is 0 Å². The molecule has 80 valence electrons. The van der Waals surface area contributed by atoms with Gasteiger partial charge in [-0.25, -0.2) is 0 Å². The Balaban J connectivity index is 2.35. The molecule has 0 radical (unpaired) electrons. The first-order chi connectivity index (χ1) is 6.65. The van der Waals surface area contributed by atoms with Gasteiger partial charge in [0, 0.05) is 18.8 Å². The Hall–Kier alpha value is -0.830. The standard InChI is InChI=1S/C11H21N3/c1-5-9(2)12-7-6-11-8-13-14(4)10(11)3/h8-9,12H,5-7H2,1-4H3. The van der Waals surface area contributed by atoms with Gasteiger partial charge in [-0.3, -0.25) is 4.68 Å². The second kappa shape index (κ2) is 5.15. The van der Waals surface area contributed by atoms with Gasteiger partial charge in [-0.2, -0.15) is 5.10 Å². The highest BCUT2D eigenvalue weighted by Gasteiger charge is 2.03. The van der Waals surface area contributed by atoms with Crippen molar-refractivity contribution < 1.29 is 0 Å². The molecule has 0 saturated heterocycles. The van der Waals surface area contributed by atoms with Gasteiger partial charge in [-0.15, -0.1) is 0 Å². The molecule has 0 amide bonds. The van der Waals surface area contributed by atoms with Crippen LogP contribution in [0.3, 0.4) is 0 Å². The normalized spacial score (nSPS) is 13.1. The van der Waals surface area contributed by atoms with Crippen LogP contribution < -0.4 is 5.32 Å². The van der Waals surface area contributed by atoms with E-state index in [1.165, 1.54) is 17.7 Å². The summed E-state index contributed by atoms with van der Waals surface area (Å²) in [6.07, 6.45) is 4.23. The number of rotatable bonds is 5. The maximum Gasteiger partial charge on any atom is 0.0524 e. The predicted octanol–water partition coefficient (Wildman–Crippen LogP) is 1.66. The lowest BCUT2D eigenvalue weighted by Crippen LogP contribution is -2.27. The van der Waals surface area contributed by atoms with Crippen molar-refractivity contribution in [3.05, 3.63) is 17.5 Å². The highest BCUT2D eigenvalue weighted by Crippen LogP contribution is 2.05. The molecule has 0 spiro atoms. The van der Waals surface area contributed by atoms with Gasteiger partial charge in [0.2, 0.25) is 0 Å². The van der Waals surface area contributed by atoms with Crippen LogP contribution in [0.4, 0.5) is 0 Å². The van der Waals surface area contributed by atoms with E-state index in [9.17, 15) is 0 Å². The smallest absolute Gasteiger partial charge is 0.0524 e. The van der Waals surface area contributed by atoms with E-state index in [0.717, 1.165) is 13.0 Å². The zero-order chi connectivity index (χ0) is 10.6. The van der Waals surface area contributed by atoms with Crippen molar-refractivity contribution in [2.24, 2.45) is 7.05 Å². The molecule has 3 nitrogen and oxygen atoms in total. The van der Waals surface area contributed by atoms with Crippen molar-refractivity contribution in [3.8, 4) is 0 Å². The maximum atomic E-state index is 4.22. The summed E-state index contributed by atoms with van der Waals surface area (Å²) in [6.45, 7) is 7.58. The zero-order valence-electron chi connectivity index (χ0n) is 9.67. The number of nitrogens with one attached hydrogen (secondary N) is 1. The van der Waals surface area contributed by atoms with Crippen molar-refractivity contribution in [1.29, 1.82) is 0 Å². The van der Waals surface area contributed by atoms with E-state index < -0.39 is 0 Å². The maximum absolute atomic E-state index is 4.22. The topological polar surface area (TPSA) is 29.9 Å². The van der Waals surface area contributed by atoms with Crippen molar-refractivity contribution in [1.82, 2.24) is 15.1 Å². The molecule has 1 rings (SSSR count). The molecule has 1 N–H and O–H groups in total. The van der Waals surface area contributed by atoms with E-state index in [0.29, 0.717) is 6.04 Å². The Morgan fingerprint density at radius 3 is 2.79 bits per heavy atom. The van der Waals surface area contributed by atoms with Crippen molar-refractivity contribution in [3.63, 3.8) is 0 Å². The van der Waals surface area contributed by atoms with Gasteiger partial charge in [0.25, 0.3) is 0 Å². The fraction of sp³-hybridized carbons (Fsp3) is 0.727. The van der Waals surface area contributed by atoms with Gasteiger partial charge in [-0.1, -0.05) is 6.92 Å².